The number of halogens is 1. The minimum Gasteiger partial charge on any atom is -0.370 e. The molecule has 1 aliphatic rings. The molecule has 1 atom stereocenters. The van der Waals surface area contributed by atoms with Crippen LogP contribution in [0.2, 0.25) is 0 Å². The number of likely N-dealkylation sites (tertiary alicyclic amines) is 1. The van der Waals surface area contributed by atoms with Gasteiger partial charge >= 0.3 is 0 Å². The molecule has 1 saturated heterocycles. The normalized spacial score (nSPS) is 23.8. The Morgan fingerprint density at radius 3 is 2.83 bits per heavy atom. The van der Waals surface area contributed by atoms with Crippen LogP contribution in [0.15, 0.2) is 0 Å². The number of hydrogen-bond donors (Lipinski definition) is 2. The molecule has 5 heteroatoms. The molecule has 0 aromatic carbocycles. The van der Waals surface area contributed by atoms with Crippen molar-refractivity contribution in [2.24, 2.45) is 11.7 Å². The Bertz CT molecular complexity index is 187. The molecule has 0 aromatic heterocycles. The van der Waals surface area contributed by atoms with Crippen LogP contribution in [-0.4, -0.2) is 29.2 Å². The van der Waals surface area contributed by atoms with E-state index in [9.17, 15) is 4.79 Å². The summed E-state index contributed by atoms with van der Waals surface area (Å²) in [6, 6.07) is 0. The van der Waals surface area contributed by atoms with E-state index in [1.807, 2.05) is 0 Å². The van der Waals surface area contributed by atoms with Gasteiger partial charge in [0.1, 0.15) is 0 Å². The molecular weight excluding hydrogens is 178 g/mol. The Hall–Kier alpha value is -0.770. The summed E-state index contributed by atoms with van der Waals surface area (Å²) in [7, 11) is 0. The molecule has 0 amide bonds. The molecule has 0 saturated carbocycles. The second-order valence-electron chi connectivity index (χ2n) is 2.97. The van der Waals surface area contributed by atoms with Crippen LogP contribution in [0.4, 0.5) is 0 Å². The average molecular weight is 190 g/mol. The molecule has 4 nitrogen and oxygen atoms in total. The van der Waals surface area contributed by atoms with E-state index in [0.29, 0.717) is 6.54 Å². The molecule has 1 aliphatic heterocycles. The SMILES string of the molecule is N=C(N)N1CCC[C@H](C(=O)Cl)C1. The molecule has 0 unspecified atom stereocenters. The molecule has 0 aromatic rings. The van der Waals surface area contributed by atoms with E-state index in [1.54, 1.807) is 4.90 Å². The first-order valence-corrected chi connectivity index (χ1v) is 4.27. The van der Waals surface area contributed by atoms with Crippen molar-refractivity contribution >= 4 is 22.8 Å². The van der Waals surface area contributed by atoms with E-state index < -0.39 is 0 Å². The smallest absolute Gasteiger partial charge is 0.226 e. The second-order valence-corrected chi connectivity index (χ2v) is 3.35. The zero-order chi connectivity index (χ0) is 9.14. The summed E-state index contributed by atoms with van der Waals surface area (Å²) < 4.78 is 0. The minimum absolute atomic E-state index is 0.0256. The summed E-state index contributed by atoms with van der Waals surface area (Å²) in [5.41, 5.74) is 5.28. The molecule has 3 N–H and O–H groups in total. The van der Waals surface area contributed by atoms with E-state index in [-0.39, 0.29) is 17.1 Å². The van der Waals surface area contributed by atoms with Crippen molar-refractivity contribution in [1.29, 1.82) is 5.41 Å². The molecule has 1 rings (SSSR count). The van der Waals surface area contributed by atoms with E-state index in [4.69, 9.17) is 22.7 Å². The molecule has 68 valence electrons. The van der Waals surface area contributed by atoms with Crippen LogP contribution in [0.3, 0.4) is 0 Å². The maximum absolute atomic E-state index is 10.8. The molecule has 1 fully saturated rings. The Morgan fingerprint density at radius 1 is 1.67 bits per heavy atom. The Kier molecular flexibility index (Phi) is 2.92. The number of hydrogen-bond acceptors (Lipinski definition) is 2. The van der Waals surface area contributed by atoms with Crippen molar-refractivity contribution in [3.05, 3.63) is 0 Å². The van der Waals surface area contributed by atoms with Gasteiger partial charge in [0, 0.05) is 13.1 Å². The Labute approximate surface area is 76.2 Å². The first kappa shape index (κ1) is 9.32. The van der Waals surface area contributed by atoms with Gasteiger partial charge in [0.05, 0.1) is 5.92 Å². The number of piperidine rings is 1. The van der Waals surface area contributed by atoms with E-state index in [0.717, 1.165) is 19.4 Å². The van der Waals surface area contributed by atoms with Crippen molar-refractivity contribution in [3.8, 4) is 0 Å². The average Bonchev–Trinajstić information content (AvgIpc) is 2.04. The van der Waals surface area contributed by atoms with Gasteiger partial charge in [-0.05, 0) is 24.4 Å². The summed E-state index contributed by atoms with van der Waals surface area (Å²) in [6.45, 7) is 1.26. The summed E-state index contributed by atoms with van der Waals surface area (Å²) in [5, 5.41) is 6.85. The van der Waals surface area contributed by atoms with Crippen LogP contribution in [0.5, 0.6) is 0 Å². The second kappa shape index (κ2) is 3.76. The molecule has 1 heterocycles. The minimum atomic E-state index is -0.319. The van der Waals surface area contributed by atoms with Gasteiger partial charge in [0.25, 0.3) is 0 Å². The van der Waals surface area contributed by atoms with Crippen LogP contribution < -0.4 is 5.73 Å². The van der Waals surface area contributed by atoms with Crippen LogP contribution in [0, 0.1) is 11.3 Å². The number of nitrogens with two attached hydrogens (primary N) is 1. The molecule has 12 heavy (non-hydrogen) atoms. The van der Waals surface area contributed by atoms with Gasteiger partial charge in [-0.1, -0.05) is 0 Å². The van der Waals surface area contributed by atoms with Crippen molar-refractivity contribution < 1.29 is 4.79 Å². The van der Waals surface area contributed by atoms with Crippen LogP contribution >= 0.6 is 11.6 Å². The van der Waals surface area contributed by atoms with Crippen molar-refractivity contribution in [2.75, 3.05) is 13.1 Å². The van der Waals surface area contributed by atoms with E-state index >= 15 is 0 Å². The first-order chi connectivity index (χ1) is 5.61. The van der Waals surface area contributed by atoms with Crippen molar-refractivity contribution in [1.82, 2.24) is 4.90 Å². The van der Waals surface area contributed by atoms with Gasteiger partial charge in [0.2, 0.25) is 5.24 Å². The highest BCUT2D eigenvalue weighted by Gasteiger charge is 2.24. The zero-order valence-electron chi connectivity index (χ0n) is 6.72. The number of carbonyl (C=O) groups is 1. The lowest BCUT2D eigenvalue weighted by atomic mass is 10.00. The Balaban J connectivity index is 2.51. The van der Waals surface area contributed by atoms with Gasteiger partial charge < -0.3 is 10.6 Å². The number of nitrogens with zero attached hydrogens (tertiary/aromatic N) is 1. The lowest BCUT2D eigenvalue weighted by Gasteiger charge is -2.30. The standard InChI is InChI=1S/C7H12ClN3O/c8-6(12)5-2-1-3-11(4-5)7(9)10/h5H,1-4H2,(H3,9,10)/t5-/m0/s1. The molecular formula is C7H12ClN3O. The van der Waals surface area contributed by atoms with Gasteiger partial charge in [-0.15, -0.1) is 0 Å². The number of carbonyl (C=O) groups excluding carboxylic acids is 1. The summed E-state index contributed by atoms with van der Waals surface area (Å²) in [5.74, 6) is -0.123. The summed E-state index contributed by atoms with van der Waals surface area (Å²) in [4.78, 5) is 12.5. The van der Waals surface area contributed by atoms with Gasteiger partial charge in [-0.25, -0.2) is 0 Å². The maximum atomic E-state index is 10.8. The monoisotopic (exact) mass is 189 g/mol. The third-order valence-electron chi connectivity index (χ3n) is 2.08. The van der Waals surface area contributed by atoms with Crippen LogP contribution in [0.25, 0.3) is 0 Å². The summed E-state index contributed by atoms with van der Waals surface area (Å²) >= 11 is 5.35. The lowest BCUT2D eigenvalue weighted by molar-refractivity contribution is -0.116. The molecule has 0 bridgehead atoms. The largest absolute Gasteiger partial charge is 0.370 e. The number of nitrogens with one attached hydrogen (secondary N) is 1. The van der Waals surface area contributed by atoms with Crippen molar-refractivity contribution in [3.63, 3.8) is 0 Å². The highest BCUT2D eigenvalue weighted by atomic mass is 35.5. The number of rotatable bonds is 1. The third-order valence-corrected chi connectivity index (χ3v) is 2.39. The Morgan fingerprint density at radius 2 is 2.33 bits per heavy atom. The highest BCUT2D eigenvalue weighted by Crippen LogP contribution is 2.17. The van der Waals surface area contributed by atoms with Gasteiger partial charge in [-0.3, -0.25) is 10.2 Å². The quantitative estimate of drug-likeness (QED) is 0.356. The maximum Gasteiger partial charge on any atom is 0.226 e. The van der Waals surface area contributed by atoms with Gasteiger partial charge in [0.15, 0.2) is 5.96 Å². The predicted molar refractivity (Wildman–Crippen MR) is 47.1 cm³/mol. The third kappa shape index (κ3) is 2.11. The van der Waals surface area contributed by atoms with E-state index in [2.05, 4.69) is 0 Å². The predicted octanol–water partition coefficient (Wildman–Crippen LogP) is 0.357. The van der Waals surface area contributed by atoms with Crippen LogP contribution in [0.1, 0.15) is 12.8 Å². The number of guanidine groups is 1. The first-order valence-electron chi connectivity index (χ1n) is 3.89. The topological polar surface area (TPSA) is 70.2 Å². The fourth-order valence-electron chi connectivity index (χ4n) is 1.38. The molecule has 0 radical (unpaired) electrons. The zero-order valence-corrected chi connectivity index (χ0v) is 7.47. The molecule has 0 aliphatic carbocycles. The fourth-order valence-corrected chi connectivity index (χ4v) is 1.56. The summed E-state index contributed by atoms with van der Waals surface area (Å²) in [6.07, 6.45) is 1.69. The fraction of sp³-hybridized carbons (Fsp3) is 0.714. The van der Waals surface area contributed by atoms with E-state index in [1.165, 1.54) is 0 Å². The molecule has 0 spiro atoms. The highest BCUT2D eigenvalue weighted by molar-refractivity contribution is 6.64. The van der Waals surface area contributed by atoms with Crippen LogP contribution in [-0.2, 0) is 4.79 Å². The van der Waals surface area contributed by atoms with Crippen molar-refractivity contribution in [2.45, 2.75) is 12.8 Å². The van der Waals surface area contributed by atoms with Gasteiger partial charge in [-0.2, -0.15) is 0 Å². The lowest BCUT2D eigenvalue weighted by Crippen LogP contribution is -2.44.